The van der Waals surface area contributed by atoms with Crippen molar-refractivity contribution in [1.82, 2.24) is 20.1 Å². The molecule has 0 unspecified atom stereocenters. The second-order valence-corrected chi connectivity index (χ2v) is 5.76. The molecule has 3 rings (SSSR count). The molecule has 0 saturated heterocycles. The lowest BCUT2D eigenvalue weighted by atomic mass is 10.2. The number of carbonyl (C=O) groups is 1. The van der Waals surface area contributed by atoms with Gasteiger partial charge in [-0.3, -0.25) is 10.00 Å². The number of halogens is 1. The minimum atomic E-state index is -0.448. The van der Waals surface area contributed by atoms with Gasteiger partial charge in [-0.1, -0.05) is 12.1 Å². The third-order valence-corrected chi connectivity index (χ3v) is 3.68. The number of amides is 2. The number of aromatic nitrogens is 3. The van der Waals surface area contributed by atoms with E-state index >= 15 is 0 Å². The van der Waals surface area contributed by atoms with Crippen LogP contribution in [0.15, 0.2) is 48.9 Å². The summed E-state index contributed by atoms with van der Waals surface area (Å²) in [6, 6.07) is 7.00. The van der Waals surface area contributed by atoms with Gasteiger partial charge in [0.1, 0.15) is 11.6 Å². The van der Waals surface area contributed by atoms with Gasteiger partial charge in [-0.05, 0) is 23.8 Å². The van der Waals surface area contributed by atoms with E-state index in [1.165, 1.54) is 24.5 Å². The first-order valence-electron chi connectivity index (χ1n) is 8.09. The molecule has 0 aliphatic heterocycles. The van der Waals surface area contributed by atoms with Crippen molar-refractivity contribution in [2.45, 2.75) is 6.54 Å². The van der Waals surface area contributed by atoms with Crippen molar-refractivity contribution in [2.24, 2.45) is 7.05 Å². The Labute approximate surface area is 154 Å². The van der Waals surface area contributed by atoms with Gasteiger partial charge in [0.2, 0.25) is 0 Å². The maximum Gasteiger partial charge on any atom is 0.320 e. The molecule has 0 spiro atoms. The smallest absolute Gasteiger partial charge is 0.320 e. The van der Waals surface area contributed by atoms with E-state index in [0.717, 1.165) is 11.3 Å². The summed E-state index contributed by atoms with van der Waals surface area (Å²) in [5, 5.41) is 20.0. The van der Waals surface area contributed by atoms with Crippen LogP contribution in [-0.2, 0) is 13.6 Å². The quantitative estimate of drug-likeness (QED) is 0.502. The van der Waals surface area contributed by atoms with Crippen molar-refractivity contribution in [3.05, 3.63) is 65.9 Å². The minimum Gasteiger partial charge on any atom is -0.351 e. The fraction of sp³-hybridized carbons (Fsp3) is 0.111. The zero-order chi connectivity index (χ0) is 19.2. The number of nitrogens with one attached hydrogen (secondary N) is 4. The average molecular weight is 367 g/mol. The van der Waals surface area contributed by atoms with Crippen LogP contribution in [0.4, 0.5) is 26.4 Å². The summed E-state index contributed by atoms with van der Waals surface area (Å²) >= 11 is 0. The molecule has 4 N–H and O–H groups in total. The number of aryl methyl sites for hydroxylation is 1. The van der Waals surface area contributed by atoms with Crippen LogP contribution in [-0.4, -0.2) is 27.0 Å². The van der Waals surface area contributed by atoms with Gasteiger partial charge in [0.05, 0.1) is 23.8 Å². The van der Waals surface area contributed by atoms with E-state index in [4.69, 9.17) is 5.41 Å². The van der Waals surface area contributed by atoms with Crippen molar-refractivity contribution < 1.29 is 9.18 Å². The van der Waals surface area contributed by atoms with Gasteiger partial charge in [0.25, 0.3) is 0 Å². The zero-order valence-electron chi connectivity index (χ0n) is 14.5. The molecular weight excluding hydrogens is 349 g/mol. The Bertz CT molecular complexity index is 953. The van der Waals surface area contributed by atoms with E-state index in [0.29, 0.717) is 17.1 Å². The fourth-order valence-corrected chi connectivity index (χ4v) is 2.35. The third kappa shape index (κ3) is 4.88. The number of benzene rings is 1. The first kappa shape index (κ1) is 18.1. The molecule has 138 valence electrons. The Balaban J connectivity index is 1.61. The molecule has 27 heavy (non-hydrogen) atoms. The topological polar surface area (TPSA) is 108 Å². The van der Waals surface area contributed by atoms with E-state index < -0.39 is 6.03 Å². The SMILES string of the molecule is Cn1cc(Nc2cnc(NC(=O)NCc3ccc(F)cc3)cc2C=N)cn1. The lowest BCUT2D eigenvalue weighted by molar-refractivity contribution is 0.251. The van der Waals surface area contributed by atoms with Gasteiger partial charge < -0.3 is 16.0 Å². The summed E-state index contributed by atoms with van der Waals surface area (Å²) < 4.78 is 14.5. The molecule has 1 aromatic carbocycles. The van der Waals surface area contributed by atoms with Crippen molar-refractivity contribution in [2.75, 3.05) is 10.6 Å². The number of rotatable bonds is 6. The molecule has 2 heterocycles. The van der Waals surface area contributed by atoms with Crippen LogP contribution in [0.2, 0.25) is 0 Å². The van der Waals surface area contributed by atoms with Crippen LogP contribution in [0.5, 0.6) is 0 Å². The predicted molar refractivity (Wildman–Crippen MR) is 101 cm³/mol. The fourth-order valence-electron chi connectivity index (χ4n) is 2.35. The summed E-state index contributed by atoms with van der Waals surface area (Å²) in [5.41, 5.74) is 2.72. The van der Waals surface area contributed by atoms with Gasteiger partial charge in [0, 0.05) is 31.6 Å². The van der Waals surface area contributed by atoms with Crippen molar-refractivity contribution in [3.63, 3.8) is 0 Å². The number of nitrogens with zero attached hydrogens (tertiary/aromatic N) is 3. The number of hydrogen-bond donors (Lipinski definition) is 4. The average Bonchev–Trinajstić information content (AvgIpc) is 3.07. The maximum atomic E-state index is 12.9. The van der Waals surface area contributed by atoms with Crippen molar-refractivity contribution in [1.29, 1.82) is 5.41 Å². The highest BCUT2D eigenvalue weighted by Crippen LogP contribution is 2.20. The van der Waals surface area contributed by atoms with Crippen LogP contribution in [0, 0.1) is 11.2 Å². The monoisotopic (exact) mass is 367 g/mol. The predicted octanol–water partition coefficient (Wildman–Crippen LogP) is 3.02. The van der Waals surface area contributed by atoms with Gasteiger partial charge in [-0.25, -0.2) is 14.2 Å². The zero-order valence-corrected chi connectivity index (χ0v) is 14.5. The van der Waals surface area contributed by atoms with Crippen molar-refractivity contribution >= 4 is 29.4 Å². The Morgan fingerprint density at radius 2 is 2.07 bits per heavy atom. The molecule has 0 atom stereocenters. The normalized spacial score (nSPS) is 10.3. The first-order valence-corrected chi connectivity index (χ1v) is 8.09. The second-order valence-electron chi connectivity index (χ2n) is 5.76. The summed E-state index contributed by atoms with van der Waals surface area (Å²) in [6.45, 7) is 0.254. The molecule has 0 radical (unpaired) electrons. The Morgan fingerprint density at radius 3 is 2.74 bits per heavy atom. The highest BCUT2D eigenvalue weighted by Gasteiger charge is 2.08. The summed E-state index contributed by atoms with van der Waals surface area (Å²) in [7, 11) is 1.80. The summed E-state index contributed by atoms with van der Waals surface area (Å²) in [6.07, 6.45) is 6.15. The van der Waals surface area contributed by atoms with Gasteiger partial charge >= 0.3 is 6.03 Å². The van der Waals surface area contributed by atoms with E-state index in [1.54, 1.807) is 42.3 Å². The van der Waals surface area contributed by atoms with Gasteiger partial charge in [-0.2, -0.15) is 5.10 Å². The number of urea groups is 1. The Morgan fingerprint density at radius 1 is 1.30 bits per heavy atom. The van der Waals surface area contributed by atoms with Crippen LogP contribution < -0.4 is 16.0 Å². The van der Waals surface area contributed by atoms with Crippen LogP contribution in [0.3, 0.4) is 0 Å². The van der Waals surface area contributed by atoms with E-state index in [9.17, 15) is 9.18 Å². The molecule has 0 saturated carbocycles. The molecule has 3 aromatic rings. The molecule has 2 aromatic heterocycles. The van der Waals surface area contributed by atoms with Crippen molar-refractivity contribution in [3.8, 4) is 0 Å². The van der Waals surface area contributed by atoms with E-state index in [2.05, 4.69) is 26.0 Å². The number of carbonyl (C=O) groups excluding carboxylic acids is 1. The molecule has 0 bridgehead atoms. The van der Waals surface area contributed by atoms with Crippen LogP contribution >= 0.6 is 0 Å². The highest BCUT2D eigenvalue weighted by molar-refractivity contribution is 5.92. The molecule has 0 aliphatic rings. The summed E-state index contributed by atoms with van der Waals surface area (Å²) in [4.78, 5) is 16.2. The van der Waals surface area contributed by atoms with Gasteiger partial charge in [0.15, 0.2) is 0 Å². The molecular formula is C18H18FN7O. The lowest BCUT2D eigenvalue weighted by Gasteiger charge is -2.11. The Kier molecular flexibility index (Phi) is 5.41. The van der Waals surface area contributed by atoms with E-state index in [1.807, 2.05) is 0 Å². The second kappa shape index (κ2) is 8.09. The first-order chi connectivity index (χ1) is 13.0. The summed E-state index contributed by atoms with van der Waals surface area (Å²) in [5.74, 6) is -0.0200. The minimum absolute atomic E-state index is 0.254. The van der Waals surface area contributed by atoms with Crippen LogP contribution in [0.25, 0.3) is 0 Å². The molecule has 8 nitrogen and oxygen atoms in total. The largest absolute Gasteiger partial charge is 0.351 e. The van der Waals surface area contributed by atoms with E-state index in [-0.39, 0.29) is 12.4 Å². The molecule has 9 heteroatoms. The standard InChI is InChI=1S/C18H18FN7O/c1-26-11-15(9-23-26)24-16-10-21-17(6-13(16)7-20)25-18(27)22-8-12-2-4-14(19)5-3-12/h2-7,9-11,20,24H,8H2,1H3,(H2,21,22,25,27). The molecule has 0 fully saturated rings. The maximum absolute atomic E-state index is 12.9. The Hall–Kier alpha value is -3.75. The van der Waals surface area contributed by atoms with Crippen LogP contribution in [0.1, 0.15) is 11.1 Å². The van der Waals surface area contributed by atoms with Gasteiger partial charge in [-0.15, -0.1) is 0 Å². The highest BCUT2D eigenvalue weighted by atomic mass is 19.1. The number of anilines is 3. The number of pyridine rings is 1. The molecule has 0 aliphatic carbocycles. The third-order valence-electron chi connectivity index (χ3n) is 3.68. The number of hydrogen-bond acceptors (Lipinski definition) is 5. The lowest BCUT2D eigenvalue weighted by Crippen LogP contribution is -2.28. The molecule has 2 amide bonds.